The second-order valence-electron chi connectivity index (χ2n) is 4.73. The van der Waals surface area contributed by atoms with Crippen molar-refractivity contribution in [3.05, 3.63) is 59.2 Å². The van der Waals surface area contributed by atoms with Gasteiger partial charge in [0.05, 0.1) is 6.21 Å². The standard InChI is InChI=1S/C17H19NO3/c1-13-5-3-6-14(2)17(13)21-10-9-20-16-8-4-7-15(11-16)12-18-19/h3-8,11-12,19H,9-10H2,1-2H3/b18-12+. The van der Waals surface area contributed by atoms with E-state index in [0.717, 1.165) is 28.2 Å². The number of ether oxygens (including phenoxy) is 2. The van der Waals surface area contributed by atoms with E-state index in [9.17, 15) is 0 Å². The van der Waals surface area contributed by atoms with Crippen LogP contribution in [-0.4, -0.2) is 24.6 Å². The minimum atomic E-state index is 0.452. The van der Waals surface area contributed by atoms with Crippen LogP contribution in [0.2, 0.25) is 0 Å². The average molecular weight is 285 g/mol. The smallest absolute Gasteiger partial charge is 0.125 e. The fourth-order valence-corrected chi connectivity index (χ4v) is 2.08. The largest absolute Gasteiger partial charge is 0.490 e. The first-order valence-electron chi connectivity index (χ1n) is 6.80. The van der Waals surface area contributed by atoms with Gasteiger partial charge in [-0.05, 0) is 42.7 Å². The van der Waals surface area contributed by atoms with Crippen LogP contribution in [0.3, 0.4) is 0 Å². The molecule has 4 nitrogen and oxygen atoms in total. The van der Waals surface area contributed by atoms with E-state index in [-0.39, 0.29) is 0 Å². The topological polar surface area (TPSA) is 51.0 Å². The van der Waals surface area contributed by atoms with Gasteiger partial charge in [-0.1, -0.05) is 35.5 Å². The lowest BCUT2D eigenvalue weighted by Gasteiger charge is -2.12. The Morgan fingerprint density at radius 2 is 1.67 bits per heavy atom. The van der Waals surface area contributed by atoms with Crippen molar-refractivity contribution in [2.45, 2.75) is 13.8 Å². The predicted molar refractivity (Wildman–Crippen MR) is 82.7 cm³/mol. The second kappa shape index (κ2) is 7.33. The number of oxime groups is 1. The summed E-state index contributed by atoms with van der Waals surface area (Å²) in [5.41, 5.74) is 3.03. The van der Waals surface area contributed by atoms with Crippen molar-refractivity contribution in [1.82, 2.24) is 0 Å². The Labute approximate surface area is 124 Å². The van der Waals surface area contributed by atoms with E-state index in [0.29, 0.717) is 13.2 Å². The number of para-hydroxylation sites is 1. The third-order valence-electron chi connectivity index (χ3n) is 3.07. The Morgan fingerprint density at radius 3 is 2.38 bits per heavy atom. The van der Waals surface area contributed by atoms with Gasteiger partial charge in [0.1, 0.15) is 24.7 Å². The predicted octanol–water partition coefficient (Wildman–Crippen LogP) is 3.57. The highest BCUT2D eigenvalue weighted by atomic mass is 16.5. The third-order valence-corrected chi connectivity index (χ3v) is 3.07. The number of nitrogens with zero attached hydrogens (tertiary/aromatic N) is 1. The highest BCUT2D eigenvalue weighted by Crippen LogP contribution is 2.22. The fourth-order valence-electron chi connectivity index (χ4n) is 2.08. The van der Waals surface area contributed by atoms with Crippen LogP contribution in [0.4, 0.5) is 0 Å². The summed E-state index contributed by atoms with van der Waals surface area (Å²) in [6, 6.07) is 13.4. The van der Waals surface area contributed by atoms with E-state index >= 15 is 0 Å². The lowest BCUT2D eigenvalue weighted by atomic mass is 10.1. The molecule has 21 heavy (non-hydrogen) atoms. The molecule has 0 spiro atoms. The summed E-state index contributed by atoms with van der Waals surface area (Å²) < 4.78 is 11.4. The van der Waals surface area contributed by atoms with E-state index in [1.165, 1.54) is 6.21 Å². The number of aryl methyl sites for hydroxylation is 2. The summed E-state index contributed by atoms with van der Waals surface area (Å²) in [4.78, 5) is 0. The summed E-state index contributed by atoms with van der Waals surface area (Å²) in [5, 5.41) is 11.5. The van der Waals surface area contributed by atoms with Crippen LogP contribution in [0, 0.1) is 13.8 Å². The molecule has 2 aromatic rings. The highest BCUT2D eigenvalue weighted by Gasteiger charge is 2.03. The molecule has 110 valence electrons. The molecule has 0 amide bonds. The summed E-state index contributed by atoms with van der Waals surface area (Å²) in [6.45, 7) is 4.99. The van der Waals surface area contributed by atoms with Crippen molar-refractivity contribution < 1.29 is 14.7 Å². The molecule has 0 saturated carbocycles. The second-order valence-corrected chi connectivity index (χ2v) is 4.73. The molecule has 4 heteroatoms. The van der Waals surface area contributed by atoms with Gasteiger partial charge in [0.25, 0.3) is 0 Å². The third kappa shape index (κ3) is 4.24. The van der Waals surface area contributed by atoms with Crippen molar-refractivity contribution in [1.29, 1.82) is 0 Å². The molecular formula is C17H19NO3. The zero-order valence-corrected chi connectivity index (χ0v) is 12.2. The van der Waals surface area contributed by atoms with Crippen molar-refractivity contribution in [3.8, 4) is 11.5 Å². The van der Waals surface area contributed by atoms with Crippen LogP contribution >= 0.6 is 0 Å². The summed E-state index contributed by atoms with van der Waals surface area (Å²) in [7, 11) is 0. The lowest BCUT2D eigenvalue weighted by Crippen LogP contribution is -2.10. The van der Waals surface area contributed by atoms with Crippen molar-refractivity contribution in [2.24, 2.45) is 5.16 Å². The van der Waals surface area contributed by atoms with Crippen LogP contribution in [0.15, 0.2) is 47.6 Å². The monoisotopic (exact) mass is 285 g/mol. The Bertz CT molecular complexity index is 603. The maximum Gasteiger partial charge on any atom is 0.125 e. The number of benzene rings is 2. The van der Waals surface area contributed by atoms with E-state index in [1.54, 1.807) is 6.07 Å². The minimum Gasteiger partial charge on any atom is -0.490 e. The first-order chi connectivity index (χ1) is 10.2. The summed E-state index contributed by atoms with van der Waals surface area (Å²) in [6.07, 6.45) is 1.36. The molecule has 1 N–H and O–H groups in total. The number of hydrogen-bond acceptors (Lipinski definition) is 4. The van der Waals surface area contributed by atoms with E-state index in [4.69, 9.17) is 14.7 Å². The summed E-state index contributed by atoms with van der Waals surface area (Å²) >= 11 is 0. The molecule has 0 unspecified atom stereocenters. The van der Waals surface area contributed by atoms with Crippen LogP contribution in [0.25, 0.3) is 0 Å². The molecule has 0 atom stereocenters. The van der Waals surface area contributed by atoms with Gasteiger partial charge in [0.2, 0.25) is 0 Å². The normalized spacial score (nSPS) is 10.8. The van der Waals surface area contributed by atoms with E-state index in [2.05, 4.69) is 5.16 Å². The first-order valence-corrected chi connectivity index (χ1v) is 6.80. The van der Waals surface area contributed by atoms with Crippen molar-refractivity contribution >= 4 is 6.21 Å². The Hall–Kier alpha value is -2.49. The summed E-state index contributed by atoms with van der Waals surface area (Å²) in [5.74, 6) is 1.64. The van der Waals surface area contributed by atoms with Gasteiger partial charge in [-0.25, -0.2) is 0 Å². The Balaban J connectivity index is 1.86. The van der Waals surface area contributed by atoms with Crippen LogP contribution in [-0.2, 0) is 0 Å². The van der Waals surface area contributed by atoms with Crippen LogP contribution in [0.1, 0.15) is 16.7 Å². The lowest BCUT2D eigenvalue weighted by molar-refractivity contribution is 0.215. The maximum atomic E-state index is 8.51. The molecule has 0 fully saturated rings. The molecule has 0 aliphatic carbocycles. The zero-order chi connectivity index (χ0) is 15.1. The SMILES string of the molecule is Cc1cccc(C)c1OCCOc1cccc(/C=N/O)c1. The molecule has 0 heterocycles. The number of hydrogen-bond donors (Lipinski definition) is 1. The highest BCUT2D eigenvalue weighted by molar-refractivity contribution is 5.79. The zero-order valence-electron chi connectivity index (χ0n) is 12.2. The molecule has 0 saturated heterocycles. The Morgan fingerprint density at radius 1 is 1.00 bits per heavy atom. The number of rotatable bonds is 6. The Kier molecular flexibility index (Phi) is 5.21. The molecule has 0 aliphatic heterocycles. The molecule has 0 bridgehead atoms. The molecular weight excluding hydrogens is 266 g/mol. The average Bonchev–Trinajstić information content (AvgIpc) is 2.47. The van der Waals surface area contributed by atoms with E-state index in [1.807, 2.05) is 50.2 Å². The quantitative estimate of drug-likeness (QED) is 0.382. The van der Waals surface area contributed by atoms with Gasteiger partial charge >= 0.3 is 0 Å². The van der Waals surface area contributed by atoms with Gasteiger partial charge in [0.15, 0.2) is 0 Å². The minimum absolute atomic E-state index is 0.452. The van der Waals surface area contributed by atoms with E-state index < -0.39 is 0 Å². The molecule has 2 rings (SSSR count). The fraction of sp³-hybridized carbons (Fsp3) is 0.235. The van der Waals surface area contributed by atoms with Gasteiger partial charge in [0, 0.05) is 0 Å². The molecule has 0 aromatic heterocycles. The van der Waals surface area contributed by atoms with Gasteiger partial charge in [-0.3, -0.25) is 0 Å². The van der Waals surface area contributed by atoms with Crippen molar-refractivity contribution in [2.75, 3.05) is 13.2 Å². The van der Waals surface area contributed by atoms with Crippen molar-refractivity contribution in [3.63, 3.8) is 0 Å². The molecule has 2 aromatic carbocycles. The van der Waals surface area contributed by atoms with Crippen LogP contribution < -0.4 is 9.47 Å². The van der Waals surface area contributed by atoms with Gasteiger partial charge in [-0.15, -0.1) is 0 Å². The first kappa shape index (κ1) is 14.9. The molecule has 0 radical (unpaired) electrons. The van der Waals surface area contributed by atoms with Gasteiger partial charge < -0.3 is 14.7 Å². The van der Waals surface area contributed by atoms with Gasteiger partial charge in [-0.2, -0.15) is 0 Å². The molecule has 0 aliphatic rings. The maximum absolute atomic E-state index is 8.51. The van der Waals surface area contributed by atoms with Crippen LogP contribution in [0.5, 0.6) is 11.5 Å².